The molecule has 1 fully saturated rings. The Labute approximate surface area is 96.1 Å². The summed E-state index contributed by atoms with van der Waals surface area (Å²) in [4.78, 5) is 24.9. The molecule has 0 aromatic heterocycles. The second-order valence-corrected chi connectivity index (χ2v) is 4.21. The fraction of sp³-hybridized carbons (Fsp3) is 0.727. The number of carbonyl (C=O) groups excluding carboxylic acids is 2. The van der Waals surface area contributed by atoms with Gasteiger partial charge in [0.15, 0.2) is 0 Å². The van der Waals surface area contributed by atoms with Gasteiger partial charge in [-0.15, -0.1) is 0 Å². The van der Waals surface area contributed by atoms with Crippen molar-refractivity contribution in [1.29, 1.82) is 0 Å². The van der Waals surface area contributed by atoms with E-state index < -0.39 is 12.1 Å². The summed E-state index contributed by atoms with van der Waals surface area (Å²) < 4.78 is 4.51. The fourth-order valence-electron chi connectivity index (χ4n) is 1.68. The van der Waals surface area contributed by atoms with Crippen LogP contribution in [0.15, 0.2) is 0 Å². The SMILES string of the molecule is COC(=O)N[C@H](C(=O)N1[CH]CCC1)C(C)C. The van der Waals surface area contributed by atoms with Crippen molar-refractivity contribution < 1.29 is 14.3 Å². The summed E-state index contributed by atoms with van der Waals surface area (Å²) in [5.74, 6) is -0.0153. The van der Waals surface area contributed by atoms with Crippen LogP contribution in [0, 0.1) is 12.5 Å². The van der Waals surface area contributed by atoms with Crippen LogP contribution in [0.3, 0.4) is 0 Å². The normalized spacial score (nSPS) is 17.4. The monoisotopic (exact) mass is 227 g/mol. The van der Waals surface area contributed by atoms with Crippen molar-refractivity contribution in [3.05, 3.63) is 6.54 Å². The molecule has 1 atom stereocenters. The second kappa shape index (κ2) is 5.72. The van der Waals surface area contributed by atoms with Crippen LogP contribution < -0.4 is 5.32 Å². The smallest absolute Gasteiger partial charge is 0.407 e. The third-order valence-electron chi connectivity index (χ3n) is 2.63. The van der Waals surface area contributed by atoms with Crippen molar-refractivity contribution in [2.24, 2.45) is 5.92 Å². The van der Waals surface area contributed by atoms with Crippen LogP contribution in [0.1, 0.15) is 26.7 Å². The van der Waals surface area contributed by atoms with Crippen molar-refractivity contribution in [3.63, 3.8) is 0 Å². The summed E-state index contributed by atoms with van der Waals surface area (Å²) >= 11 is 0. The lowest BCUT2D eigenvalue weighted by Crippen LogP contribution is -2.49. The number of carbonyl (C=O) groups is 2. The highest BCUT2D eigenvalue weighted by atomic mass is 16.5. The number of hydrogen-bond donors (Lipinski definition) is 1. The predicted octanol–water partition coefficient (Wildman–Crippen LogP) is 1.15. The Morgan fingerprint density at radius 1 is 1.44 bits per heavy atom. The van der Waals surface area contributed by atoms with E-state index in [2.05, 4.69) is 10.1 Å². The highest BCUT2D eigenvalue weighted by Gasteiger charge is 2.30. The minimum atomic E-state index is -0.564. The molecule has 2 amide bonds. The van der Waals surface area contributed by atoms with Gasteiger partial charge in [0.2, 0.25) is 5.91 Å². The molecule has 5 nitrogen and oxygen atoms in total. The molecule has 1 aliphatic heterocycles. The molecule has 0 aliphatic carbocycles. The zero-order valence-corrected chi connectivity index (χ0v) is 10.0. The number of rotatable bonds is 3. The van der Waals surface area contributed by atoms with E-state index in [0.29, 0.717) is 0 Å². The maximum absolute atomic E-state index is 12.1. The van der Waals surface area contributed by atoms with Crippen molar-refractivity contribution in [2.75, 3.05) is 13.7 Å². The molecule has 1 heterocycles. The minimum Gasteiger partial charge on any atom is -0.453 e. The van der Waals surface area contributed by atoms with Gasteiger partial charge in [-0.3, -0.25) is 4.79 Å². The summed E-state index contributed by atoms with van der Waals surface area (Å²) in [6.45, 7) is 6.42. The maximum Gasteiger partial charge on any atom is 0.407 e. The lowest BCUT2D eigenvalue weighted by molar-refractivity contribution is -0.132. The molecule has 0 aromatic rings. The van der Waals surface area contributed by atoms with Crippen LogP contribution >= 0.6 is 0 Å². The Hall–Kier alpha value is -1.26. The van der Waals surface area contributed by atoms with Crippen molar-refractivity contribution >= 4 is 12.0 Å². The number of alkyl carbamates (subject to hydrolysis) is 1. The Balaban J connectivity index is 2.61. The number of methoxy groups -OCH3 is 1. The molecule has 0 saturated carbocycles. The number of amides is 2. The molecule has 91 valence electrons. The average Bonchev–Trinajstić information content (AvgIpc) is 2.77. The Bertz CT molecular complexity index is 260. The van der Waals surface area contributed by atoms with E-state index in [1.165, 1.54) is 7.11 Å². The first-order chi connectivity index (χ1) is 7.56. The highest BCUT2D eigenvalue weighted by molar-refractivity contribution is 5.86. The van der Waals surface area contributed by atoms with Crippen LogP contribution in [0.2, 0.25) is 0 Å². The Morgan fingerprint density at radius 3 is 2.56 bits per heavy atom. The molecule has 1 aliphatic rings. The van der Waals surface area contributed by atoms with Crippen LogP contribution in [0.25, 0.3) is 0 Å². The van der Waals surface area contributed by atoms with Gasteiger partial charge >= 0.3 is 6.09 Å². The Kier molecular flexibility index (Phi) is 4.58. The van der Waals surface area contributed by atoms with E-state index in [0.717, 1.165) is 19.4 Å². The van der Waals surface area contributed by atoms with Crippen molar-refractivity contribution in [2.45, 2.75) is 32.7 Å². The molecular weight excluding hydrogens is 208 g/mol. The number of hydrogen-bond acceptors (Lipinski definition) is 3. The van der Waals surface area contributed by atoms with Gasteiger partial charge in [0.1, 0.15) is 6.04 Å². The first-order valence-corrected chi connectivity index (χ1v) is 5.54. The molecule has 0 bridgehead atoms. The largest absolute Gasteiger partial charge is 0.453 e. The summed E-state index contributed by atoms with van der Waals surface area (Å²) in [7, 11) is 1.29. The lowest BCUT2D eigenvalue weighted by Gasteiger charge is -2.25. The van der Waals surface area contributed by atoms with Gasteiger partial charge in [-0.05, 0) is 18.8 Å². The van der Waals surface area contributed by atoms with E-state index >= 15 is 0 Å². The predicted molar refractivity (Wildman–Crippen MR) is 59.4 cm³/mol. The van der Waals surface area contributed by atoms with E-state index in [1.54, 1.807) is 4.90 Å². The van der Waals surface area contributed by atoms with E-state index in [-0.39, 0.29) is 11.8 Å². The molecule has 1 saturated heterocycles. The number of likely N-dealkylation sites (tertiary alicyclic amines) is 1. The quantitative estimate of drug-likeness (QED) is 0.786. The molecule has 1 N–H and O–H groups in total. The molecule has 0 aromatic carbocycles. The van der Waals surface area contributed by atoms with Gasteiger partial charge in [-0.2, -0.15) is 0 Å². The third-order valence-corrected chi connectivity index (χ3v) is 2.63. The summed E-state index contributed by atoms with van der Waals surface area (Å²) in [6.07, 6.45) is 1.36. The van der Waals surface area contributed by atoms with Gasteiger partial charge in [0, 0.05) is 6.54 Å². The maximum atomic E-state index is 12.1. The molecule has 5 heteroatoms. The first-order valence-electron chi connectivity index (χ1n) is 5.54. The Morgan fingerprint density at radius 2 is 2.12 bits per heavy atom. The van der Waals surface area contributed by atoms with Gasteiger partial charge in [0.25, 0.3) is 0 Å². The summed E-state index contributed by atoms with van der Waals surface area (Å²) in [5.41, 5.74) is 0. The molecule has 1 radical (unpaired) electrons. The van der Waals surface area contributed by atoms with Gasteiger partial charge in [-0.25, -0.2) is 4.79 Å². The highest BCUT2D eigenvalue weighted by Crippen LogP contribution is 2.16. The molecule has 0 unspecified atom stereocenters. The van der Waals surface area contributed by atoms with Crippen LogP contribution in [0.4, 0.5) is 4.79 Å². The van der Waals surface area contributed by atoms with Gasteiger partial charge in [-0.1, -0.05) is 13.8 Å². The van der Waals surface area contributed by atoms with E-state index in [1.807, 2.05) is 20.4 Å². The molecule has 16 heavy (non-hydrogen) atoms. The molecular formula is C11H19N2O3. The van der Waals surface area contributed by atoms with E-state index in [9.17, 15) is 9.59 Å². The van der Waals surface area contributed by atoms with Gasteiger partial charge < -0.3 is 15.0 Å². The summed E-state index contributed by atoms with van der Waals surface area (Å²) in [6, 6.07) is -0.512. The fourth-order valence-corrected chi connectivity index (χ4v) is 1.68. The van der Waals surface area contributed by atoms with Gasteiger partial charge in [0.05, 0.1) is 13.7 Å². The second-order valence-electron chi connectivity index (χ2n) is 4.21. The van der Waals surface area contributed by atoms with Crippen molar-refractivity contribution in [1.82, 2.24) is 10.2 Å². The van der Waals surface area contributed by atoms with Crippen LogP contribution in [-0.2, 0) is 9.53 Å². The number of nitrogens with zero attached hydrogens (tertiary/aromatic N) is 1. The zero-order valence-electron chi connectivity index (χ0n) is 10.0. The summed E-state index contributed by atoms with van der Waals surface area (Å²) in [5, 5.41) is 2.57. The van der Waals surface area contributed by atoms with Crippen LogP contribution in [0.5, 0.6) is 0 Å². The molecule has 1 rings (SSSR count). The van der Waals surface area contributed by atoms with Crippen molar-refractivity contribution in [3.8, 4) is 0 Å². The number of ether oxygens (including phenoxy) is 1. The first kappa shape index (κ1) is 12.8. The zero-order chi connectivity index (χ0) is 12.1. The molecule has 0 spiro atoms. The topological polar surface area (TPSA) is 58.6 Å². The average molecular weight is 227 g/mol. The van der Waals surface area contributed by atoms with Crippen LogP contribution in [-0.4, -0.2) is 36.6 Å². The standard InChI is InChI=1S/C11H19N2O3/c1-8(2)9(12-11(15)16-3)10(14)13-6-4-5-7-13/h6,8-9H,4-5,7H2,1-3H3,(H,12,15)/t9-/m0/s1. The minimum absolute atomic E-state index is 0.0422. The third kappa shape index (κ3) is 3.12. The number of nitrogens with one attached hydrogen (secondary N) is 1. The lowest BCUT2D eigenvalue weighted by atomic mass is 10.0. The van der Waals surface area contributed by atoms with E-state index in [4.69, 9.17) is 0 Å².